The number of amides is 1. The van der Waals surface area contributed by atoms with Gasteiger partial charge in [-0.2, -0.15) is 0 Å². The number of rotatable bonds is 4. The number of carbonyl (C=O) groups is 1. The van der Waals surface area contributed by atoms with Crippen molar-refractivity contribution >= 4 is 15.7 Å². The number of hydrogen-bond donors (Lipinski definition) is 2. The minimum Gasteiger partial charge on any atom is -0.347 e. The number of carbonyl (C=O) groups excluding carboxylic acids is 1. The Morgan fingerprint density at radius 1 is 1.50 bits per heavy atom. The molecule has 6 nitrogen and oxygen atoms in total. The van der Waals surface area contributed by atoms with Crippen molar-refractivity contribution in [3.63, 3.8) is 0 Å². The smallest absolute Gasteiger partial charge is 0.238 e. The lowest BCUT2D eigenvalue weighted by Gasteiger charge is -2.14. The van der Waals surface area contributed by atoms with Crippen LogP contribution >= 0.6 is 0 Å². The maximum absolute atomic E-state index is 11.6. The zero-order valence-corrected chi connectivity index (χ0v) is 10.2. The fourth-order valence-electron chi connectivity index (χ4n) is 1.11. The first-order valence-electron chi connectivity index (χ1n) is 4.81. The minimum atomic E-state index is -3.36. The molecule has 7 heteroatoms. The van der Waals surface area contributed by atoms with E-state index in [0.717, 1.165) is 6.26 Å². The molecule has 0 saturated heterocycles. The van der Waals surface area contributed by atoms with Crippen LogP contribution in [0.1, 0.15) is 25.7 Å². The van der Waals surface area contributed by atoms with Crippen molar-refractivity contribution in [2.24, 2.45) is 0 Å². The highest BCUT2D eigenvalue weighted by molar-refractivity contribution is 7.92. The van der Waals surface area contributed by atoms with Gasteiger partial charge in [-0.15, -0.1) is 0 Å². The zero-order valence-electron chi connectivity index (χ0n) is 9.39. The van der Waals surface area contributed by atoms with Gasteiger partial charge in [0.15, 0.2) is 9.84 Å². The Hall–Kier alpha value is -1.37. The molecule has 0 radical (unpaired) electrons. The summed E-state index contributed by atoms with van der Waals surface area (Å²) < 4.78 is 22.3. The van der Waals surface area contributed by atoms with Gasteiger partial charge >= 0.3 is 0 Å². The molecule has 90 valence electrons. The van der Waals surface area contributed by atoms with E-state index in [0.29, 0.717) is 5.82 Å². The Morgan fingerprint density at radius 2 is 2.12 bits per heavy atom. The largest absolute Gasteiger partial charge is 0.347 e. The summed E-state index contributed by atoms with van der Waals surface area (Å²) in [6, 6.07) is -0.341. The fourth-order valence-corrected chi connectivity index (χ4v) is 1.56. The number of imidazole rings is 1. The highest BCUT2D eigenvalue weighted by Gasteiger charge is 2.25. The van der Waals surface area contributed by atoms with Crippen LogP contribution in [-0.2, 0) is 14.6 Å². The third-order valence-electron chi connectivity index (χ3n) is 2.30. The number of aromatic nitrogens is 2. The van der Waals surface area contributed by atoms with Gasteiger partial charge in [-0.3, -0.25) is 4.79 Å². The SMILES string of the molecule is CC(NC(=O)C(C)S(C)(=O)=O)c1ncc[nH]1. The molecule has 0 aromatic carbocycles. The number of aromatic amines is 1. The van der Waals surface area contributed by atoms with Crippen LogP contribution in [0.15, 0.2) is 12.4 Å². The van der Waals surface area contributed by atoms with Gasteiger partial charge in [0, 0.05) is 18.6 Å². The highest BCUT2D eigenvalue weighted by Crippen LogP contribution is 2.07. The van der Waals surface area contributed by atoms with Crippen molar-refractivity contribution in [3.8, 4) is 0 Å². The monoisotopic (exact) mass is 245 g/mol. The predicted octanol–water partition coefficient (Wildman–Crippen LogP) is 0.0200. The molecule has 1 amide bonds. The third-order valence-corrected chi connectivity index (χ3v) is 3.80. The Labute approximate surface area is 94.4 Å². The third kappa shape index (κ3) is 3.06. The summed E-state index contributed by atoms with van der Waals surface area (Å²) >= 11 is 0. The lowest BCUT2D eigenvalue weighted by atomic mass is 10.3. The molecule has 0 spiro atoms. The first-order chi connectivity index (χ1) is 7.32. The highest BCUT2D eigenvalue weighted by atomic mass is 32.2. The summed E-state index contributed by atoms with van der Waals surface area (Å²) in [6.45, 7) is 3.09. The number of H-pyrrole nitrogens is 1. The van der Waals surface area contributed by atoms with Gasteiger partial charge in [0.25, 0.3) is 0 Å². The molecule has 0 aliphatic rings. The van der Waals surface area contributed by atoms with Gasteiger partial charge in [-0.05, 0) is 13.8 Å². The predicted molar refractivity (Wildman–Crippen MR) is 59.5 cm³/mol. The van der Waals surface area contributed by atoms with E-state index in [2.05, 4.69) is 15.3 Å². The van der Waals surface area contributed by atoms with Crippen molar-refractivity contribution < 1.29 is 13.2 Å². The lowest BCUT2D eigenvalue weighted by molar-refractivity contribution is -0.121. The average molecular weight is 245 g/mol. The van der Waals surface area contributed by atoms with E-state index in [1.807, 2.05) is 0 Å². The van der Waals surface area contributed by atoms with Crippen LogP contribution in [0.3, 0.4) is 0 Å². The summed E-state index contributed by atoms with van der Waals surface area (Å²) in [4.78, 5) is 18.4. The van der Waals surface area contributed by atoms with Crippen molar-refractivity contribution in [3.05, 3.63) is 18.2 Å². The van der Waals surface area contributed by atoms with Crippen LogP contribution < -0.4 is 5.32 Å². The molecular weight excluding hydrogens is 230 g/mol. The van der Waals surface area contributed by atoms with Gasteiger partial charge in [0.2, 0.25) is 5.91 Å². The Bertz CT molecular complexity index is 452. The molecule has 0 saturated carbocycles. The van der Waals surface area contributed by atoms with E-state index in [4.69, 9.17) is 0 Å². The van der Waals surface area contributed by atoms with E-state index in [1.54, 1.807) is 19.3 Å². The van der Waals surface area contributed by atoms with E-state index >= 15 is 0 Å². The first kappa shape index (κ1) is 12.7. The van der Waals surface area contributed by atoms with Crippen LogP contribution in [0.4, 0.5) is 0 Å². The molecule has 0 bridgehead atoms. The summed E-state index contributed by atoms with van der Waals surface area (Å²) in [5.41, 5.74) is 0. The number of hydrogen-bond acceptors (Lipinski definition) is 4. The molecule has 1 heterocycles. The minimum absolute atomic E-state index is 0.341. The zero-order chi connectivity index (χ0) is 12.3. The summed E-state index contributed by atoms with van der Waals surface area (Å²) in [5.74, 6) is 0.0699. The molecule has 2 unspecified atom stereocenters. The molecule has 0 aliphatic carbocycles. The van der Waals surface area contributed by atoms with Gasteiger partial charge in [-0.25, -0.2) is 13.4 Å². The maximum Gasteiger partial charge on any atom is 0.238 e. The van der Waals surface area contributed by atoms with Crippen LogP contribution in [0.25, 0.3) is 0 Å². The Morgan fingerprint density at radius 3 is 2.56 bits per heavy atom. The normalized spacial score (nSPS) is 15.4. The molecule has 1 rings (SSSR count). The molecule has 1 aromatic heterocycles. The fraction of sp³-hybridized carbons (Fsp3) is 0.556. The molecule has 0 fully saturated rings. The van der Waals surface area contributed by atoms with Gasteiger partial charge in [0.05, 0.1) is 6.04 Å². The molecule has 2 atom stereocenters. The van der Waals surface area contributed by atoms with Gasteiger partial charge in [0.1, 0.15) is 11.1 Å². The van der Waals surface area contributed by atoms with E-state index < -0.39 is 21.0 Å². The summed E-state index contributed by atoms with van der Waals surface area (Å²) in [7, 11) is -3.36. The quantitative estimate of drug-likeness (QED) is 0.782. The van der Waals surface area contributed by atoms with Crippen molar-refractivity contribution in [2.75, 3.05) is 6.26 Å². The van der Waals surface area contributed by atoms with Crippen LogP contribution in [0, 0.1) is 0 Å². The second kappa shape index (κ2) is 4.65. The molecule has 1 aromatic rings. The van der Waals surface area contributed by atoms with Gasteiger partial charge < -0.3 is 10.3 Å². The van der Waals surface area contributed by atoms with E-state index in [1.165, 1.54) is 6.92 Å². The summed E-state index contributed by atoms with van der Waals surface area (Å²) in [5, 5.41) is 1.53. The van der Waals surface area contributed by atoms with Gasteiger partial charge in [-0.1, -0.05) is 0 Å². The first-order valence-corrected chi connectivity index (χ1v) is 6.76. The lowest BCUT2D eigenvalue weighted by Crippen LogP contribution is -2.38. The van der Waals surface area contributed by atoms with Crippen molar-refractivity contribution in [2.45, 2.75) is 25.1 Å². The number of nitrogens with one attached hydrogen (secondary N) is 2. The van der Waals surface area contributed by atoms with Crippen LogP contribution in [0.5, 0.6) is 0 Å². The topological polar surface area (TPSA) is 91.9 Å². The summed E-state index contributed by atoms with van der Waals surface area (Å²) in [6.07, 6.45) is 4.24. The maximum atomic E-state index is 11.6. The van der Waals surface area contributed by atoms with E-state index in [-0.39, 0.29) is 6.04 Å². The molecular formula is C9H15N3O3S. The molecule has 16 heavy (non-hydrogen) atoms. The van der Waals surface area contributed by atoms with Crippen LogP contribution in [0.2, 0.25) is 0 Å². The van der Waals surface area contributed by atoms with Crippen LogP contribution in [-0.4, -0.2) is 35.8 Å². The average Bonchev–Trinajstić information content (AvgIpc) is 2.67. The number of nitrogens with zero attached hydrogens (tertiary/aromatic N) is 1. The number of sulfone groups is 1. The Kier molecular flexibility index (Phi) is 3.69. The molecule has 0 aliphatic heterocycles. The molecule has 2 N–H and O–H groups in total. The van der Waals surface area contributed by atoms with E-state index in [9.17, 15) is 13.2 Å². The van der Waals surface area contributed by atoms with Crippen molar-refractivity contribution in [1.29, 1.82) is 0 Å². The Balaban J connectivity index is 2.66. The standard InChI is InChI=1S/C9H15N3O3S/c1-6(8-10-4-5-11-8)12-9(13)7(2)16(3,14)15/h4-7H,1-3H3,(H,10,11)(H,12,13). The second-order valence-corrected chi connectivity index (χ2v) is 6.04. The second-order valence-electron chi connectivity index (χ2n) is 3.68. The van der Waals surface area contributed by atoms with Crippen molar-refractivity contribution in [1.82, 2.24) is 15.3 Å².